The van der Waals surface area contributed by atoms with E-state index in [1.807, 2.05) is 0 Å². The molecule has 0 unspecified atom stereocenters. The second-order valence-corrected chi connectivity index (χ2v) is 6.44. The van der Waals surface area contributed by atoms with Gasteiger partial charge < -0.3 is 14.8 Å². The molecule has 8 nitrogen and oxygen atoms in total. The van der Waals surface area contributed by atoms with Gasteiger partial charge in [0.15, 0.2) is 0 Å². The molecule has 0 radical (unpaired) electrons. The minimum Gasteiger partial charge on any atom is -0.480 e. The van der Waals surface area contributed by atoms with Crippen molar-refractivity contribution in [3.05, 3.63) is 17.4 Å². The number of carbonyl (C=O) groups is 2. The van der Waals surface area contributed by atoms with Crippen molar-refractivity contribution in [2.24, 2.45) is 0 Å². The summed E-state index contributed by atoms with van der Waals surface area (Å²) in [5, 5.41) is 10.6. The third-order valence-corrected chi connectivity index (χ3v) is 4.26. The first-order valence-electron chi connectivity index (χ1n) is 5.64. The fraction of sp³-hybridized carbons (Fsp3) is 0.455. The zero-order valence-corrected chi connectivity index (χ0v) is 12.3. The van der Waals surface area contributed by atoms with Gasteiger partial charge in [0.05, 0.1) is 5.56 Å². The van der Waals surface area contributed by atoms with Gasteiger partial charge >= 0.3 is 5.97 Å². The third-order valence-electron chi connectivity index (χ3n) is 2.59. The van der Waals surface area contributed by atoms with E-state index in [4.69, 9.17) is 9.52 Å². The lowest BCUT2D eigenvalue weighted by Gasteiger charge is -2.08. The third kappa shape index (κ3) is 3.17. The van der Waals surface area contributed by atoms with Gasteiger partial charge in [-0.1, -0.05) is 0 Å². The molecule has 0 aliphatic rings. The molecule has 1 amide bonds. The van der Waals surface area contributed by atoms with Crippen molar-refractivity contribution >= 4 is 21.9 Å². The van der Waals surface area contributed by atoms with Crippen LogP contribution < -0.4 is 5.32 Å². The summed E-state index contributed by atoms with van der Waals surface area (Å²) in [4.78, 5) is 22.5. The Bertz CT molecular complexity index is 631. The molecule has 0 aliphatic carbocycles. The highest BCUT2D eigenvalue weighted by atomic mass is 32.2. The van der Waals surface area contributed by atoms with Crippen LogP contribution in [0, 0.1) is 6.92 Å². The van der Waals surface area contributed by atoms with Crippen molar-refractivity contribution in [3.63, 3.8) is 0 Å². The van der Waals surface area contributed by atoms with Crippen LogP contribution in [0.5, 0.6) is 0 Å². The molecular formula is C11H16N2O6S. The Kier molecular flexibility index (Phi) is 4.56. The zero-order valence-electron chi connectivity index (χ0n) is 11.5. The second kappa shape index (κ2) is 5.63. The summed E-state index contributed by atoms with van der Waals surface area (Å²) in [7, 11) is -1.12. The van der Waals surface area contributed by atoms with E-state index in [2.05, 4.69) is 5.32 Å². The number of aliphatic carboxylic acids is 1. The quantitative estimate of drug-likeness (QED) is 0.793. The summed E-state index contributed by atoms with van der Waals surface area (Å²) >= 11 is 0. The molecule has 2 N–H and O–H groups in total. The van der Waals surface area contributed by atoms with Crippen molar-refractivity contribution < 1.29 is 27.5 Å². The fourth-order valence-electron chi connectivity index (χ4n) is 1.32. The molecule has 0 saturated carbocycles. The number of hydrogen-bond acceptors (Lipinski definition) is 5. The van der Waals surface area contributed by atoms with Crippen molar-refractivity contribution in [2.75, 3.05) is 14.1 Å². The molecule has 9 heteroatoms. The van der Waals surface area contributed by atoms with Gasteiger partial charge in [-0.3, -0.25) is 9.59 Å². The molecule has 20 heavy (non-hydrogen) atoms. The SMILES string of the molecule is Cc1oc(S(=O)(=O)N(C)C)cc1C(=O)N[C@@H](C)C(=O)O. The van der Waals surface area contributed by atoms with Crippen molar-refractivity contribution in [3.8, 4) is 0 Å². The Hall–Kier alpha value is -1.87. The molecule has 0 bridgehead atoms. The van der Waals surface area contributed by atoms with Gasteiger partial charge in [-0.25, -0.2) is 12.7 Å². The standard InChI is InChI=1S/C11H16N2O6S/c1-6(11(15)16)12-10(14)8-5-9(19-7(8)2)20(17,18)13(3)4/h5-6H,1-4H3,(H,12,14)(H,15,16)/t6-/m0/s1. The van der Waals surface area contributed by atoms with Gasteiger partial charge in [0.2, 0.25) is 5.09 Å². The lowest BCUT2D eigenvalue weighted by atomic mass is 10.2. The predicted molar refractivity (Wildman–Crippen MR) is 68.9 cm³/mol. The normalized spacial score (nSPS) is 13.2. The van der Waals surface area contributed by atoms with Gasteiger partial charge in [0, 0.05) is 20.2 Å². The number of rotatable bonds is 5. The Labute approximate surface area is 116 Å². The highest BCUT2D eigenvalue weighted by Gasteiger charge is 2.26. The van der Waals surface area contributed by atoms with E-state index in [1.54, 1.807) is 0 Å². The van der Waals surface area contributed by atoms with Crippen molar-refractivity contribution in [1.82, 2.24) is 9.62 Å². The van der Waals surface area contributed by atoms with Crippen LogP contribution in [0.25, 0.3) is 0 Å². The highest BCUT2D eigenvalue weighted by Crippen LogP contribution is 2.21. The molecule has 0 fully saturated rings. The maximum atomic E-state index is 11.9. The lowest BCUT2D eigenvalue weighted by molar-refractivity contribution is -0.138. The second-order valence-electron chi connectivity index (χ2n) is 4.36. The van der Waals surface area contributed by atoms with Crippen LogP contribution in [0.2, 0.25) is 0 Å². The first-order chi connectivity index (χ1) is 9.07. The average Bonchev–Trinajstić information content (AvgIpc) is 2.71. The van der Waals surface area contributed by atoms with Gasteiger partial charge in [0.1, 0.15) is 11.8 Å². The average molecular weight is 304 g/mol. The Balaban J connectivity index is 3.08. The highest BCUT2D eigenvalue weighted by molar-refractivity contribution is 7.88. The Morgan fingerprint density at radius 2 is 1.95 bits per heavy atom. The molecule has 0 saturated heterocycles. The van der Waals surface area contributed by atoms with E-state index in [-0.39, 0.29) is 16.4 Å². The van der Waals surface area contributed by atoms with Crippen LogP contribution in [0.4, 0.5) is 0 Å². The van der Waals surface area contributed by atoms with E-state index in [0.29, 0.717) is 0 Å². The monoisotopic (exact) mass is 304 g/mol. The predicted octanol–water partition coefficient (Wildman–Crippen LogP) is 0.0412. The number of carboxylic acids is 1. The minimum absolute atomic E-state index is 0.0153. The molecule has 1 aromatic rings. The molecule has 1 rings (SSSR count). The van der Waals surface area contributed by atoms with Crippen LogP contribution >= 0.6 is 0 Å². The van der Waals surface area contributed by atoms with Crippen LogP contribution in [-0.2, 0) is 14.8 Å². The number of carboxylic acid groups (broad SMARTS) is 1. The van der Waals surface area contributed by atoms with E-state index in [1.165, 1.54) is 27.9 Å². The molecule has 0 spiro atoms. The molecule has 1 aromatic heterocycles. The topological polar surface area (TPSA) is 117 Å². The maximum absolute atomic E-state index is 11.9. The van der Waals surface area contributed by atoms with Crippen molar-refractivity contribution in [2.45, 2.75) is 25.0 Å². The van der Waals surface area contributed by atoms with Crippen LogP contribution in [0.15, 0.2) is 15.6 Å². The van der Waals surface area contributed by atoms with E-state index in [0.717, 1.165) is 10.4 Å². The lowest BCUT2D eigenvalue weighted by Crippen LogP contribution is -2.38. The van der Waals surface area contributed by atoms with Crippen LogP contribution in [0.1, 0.15) is 23.0 Å². The summed E-state index contributed by atoms with van der Waals surface area (Å²) in [6.07, 6.45) is 0. The number of aryl methyl sites for hydroxylation is 1. The summed E-state index contributed by atoms with van der Waals surface area (Å²) in [5.74, 6) is -1.80. The van der Waals surface area contributed by atoms with E-state index >= 15 is 0 Å². The largest absolute Gasteiger partial charge is 0.480 e. The number of hydrogen-bond donors (Lipinski definition) is 2. The van der Waals surface area contributed by atoms with Gasteiger partial charge in [0.25, 0.3) is 15.9 Å². The Morgan fingerprint density at radius 1 is 1.40 bits per heavy atom. The zero-order chi connectivity index (χ0) is 15.7. The Morgan fingerprint density at radius 3 is 2.40 bits per heavy atom. The molecule has 1 heterocycles. The number of nitrogens with zero attached hydrogens (tertiary/aromatic N) is 1. The van der Waals surface area contributed by atoms with Crippen molar-refractivity contribution in [1.29, 1.82) is 0 Å². The van der Waals surface area contributed by atoms with Gasteiger partial charge in [-0.05, 0) is 13.8 Å². The maximum Gasteiger partial charge on any atom is 0.325 e. The summed E-state index contributed by atoms with van der Waals surface area (Å²) < 4.78 is 29.7. The molecule has 0 aliphatic heterocycles. The summed E-state index contributed by atoms with van der Waals surface area (Å²) in [5.41, 5.74) is -0.0153. The summed E-state index contributed by atoms with van der Waals surface area (Å²) in [6.45, 7) is 2.72. The summed E-state index contributed by atoms with van der Waals surface area (Å²) in [6, 6.07) is -0.0140. The molecular weight excluding hydrogens is 288 g/mol. The smallest absolute Gasteiger partial charge is 0.325 e. The van der Waals surface area contributed by atoms with E-state index < -0.39 is 27.9 Å². The molecule has 1 atom stereocenters. The molecule has 112 valence electrons. The van der Waals surface area contributed by atoms with Gasteiger partial charge in [-0.2, -0.15) is 0 Å². The van der Waals surface area contributed by atoms with Crippen LogP contribution in [-0.4, -0.2) is 49.8 Å². The van der Waals surface area contributed by atoms with Gasteiger partial charge in [-0.15, -0.1) is 0 Å². The number of sulfonamides is 1. The number of carbonyl (C=O) groups excluding carboxylic acids is 1. The number of amides is 1. The first-order valence-corrected chi connectivity index (χ1v) is 7.08. The fourth-order valence-corrected chi connectivity index (χ4v) is 2.18. The van der Waals surface area contributed by atoms with E-state index in [9.17, 15) is 18.0 Å². The first kappa shape index (κ1) is 16.2. The number of furan rings is 1. The minimum atomic E-state index is -3.79. The van der Waals surface area contributed by atoms with Crippen LogP contribution in [0.3, 0.4) is 0 Å². The molecule has 0 aromatic carbocycles. The number of nitrogens with one attached hydrogen (secondary N) is 1.